The number of thiophene rings is 1. The molecule has 1 fully saturated rings. The van der Waals surface area contributed by atoms with Gasteiger partial charge in [-0.3, -0.25) is 0 Å². The molecular formula is C25H31N3O5S. The Balaban J connectivity index is 0.000000636. The molecule has 0 spiro atoms. The van der Waals surface area contributed by atoms with Gasteiger partial charge in [0, 0.05) is 17.3 Å². The van der Waals surface area contributed by atoms with Crippen molar-refractivity contribution in [2.45, 2.75) is 58.3 Å². The highest BCUT2D eigenvalue weighted by Gasteiger charge is 2.22. The number of hydrogen-bond acceptors (Lipinski definition) is 7. The van der Waals surface area contributed by atoms with Crippen molar-refractivity contribution in [3.05, 3.63) is 40.0 Å². The molecule has 182 valence electrons. The number of carbonyl (C=O) groups is 1. The van der Waals surface area contributed by atoms with E-state index in [-0.39, 0.29) is 0 Å². The molecule has 34 heavy (non-hydrogen) atoms. The molecule has 0 atom stereocenters. The van der Waals surface area contributed by atoms with Crippen LogP contribution in [0.25, 0.3) is 10.2 Å². The molecule has 9 heteroatoms. The van der Waals surface area contributed by atoms with E-state index in [1.165, 1.54) is 53.5 Å². The molecule has 2 aliphatic rings. The van der Waals surface area contributed by atoms with Gasteiger partial charge < -0.3 is 25.0 Å². The van der Waals surface area contributed by atoms with E-state index < -0.39 is 6.16 Å². The summed E-state index contributed by atoms with van der Waals surface area (Å²) in [5, 5.41) is 18.8. The van der Waals surface area contributed by atoms with E-state index in [1.54, 1.807) is 11.3 Å². The summed E-state index contributed by atoms with van der Waals surface area (Å²) >= 11 is 1.79. The second-order valence-electron chi connectivity index (χ2n) is 8.67. The first-order valence-electron chi connectivity index (χ1n) is 11.7. The van der Waals surface area contributed by atoms with Crippen LogP contribution in [-0.2, 0) is 6.42 Å². The molecule has 1 aliphatic heterocycles. The third kappa shape index (κ3) is 5.70. The molecule has 3 aromatic rings. The zero-order valence-corrected chi connectivity index (χ0v) is 20.4. The van der Waals surface area contributed by atoms with Crippen LogP contribution in [0.4, 0.5) is 10.6 Å². The summed E-state index contributed by atoms with van der Waals surface area (Å²) in [4.78, 5) is 21.0. The maximum atomic E-state index is 8.56. The summed E-state index contributed by atoms with van der Waals surface area (Å²) in [6, 6.07) is 6.23. The fourth-order valence-corrected chi connectivity index (χ4v) is 5.54. The highest BCUT2D eigenvalue weighted by Crippen LogP contribution is 2.37. The molecule has 0 saturated heterocycles. The van der Waals surface area contributed by atoms with Gasteiger partial charge in [-0.1, -0.05) is 25.3 Å². The molecule has 1 saturated carbocycles. The van der Waals surface area contributed by atoms with E-state index in [0.717, 1.165) is 40.9 Å². The molecule has 8 nitrogen and oxygen atoms in total. The number of aromatic nitrogens is 2. The molecule has 5 rings (SSSR count). The number of rotatable bonds is 5. The zero-order chi connectivity index (χ0) is 24.1. The SMILES string of the molecule is Cc1sc2nc(C3CCCCC3)nc(NCCc3ccc4c(c3)OCCO4)c2c1C.O=C(O)O. The smallest absolute Gasteiger partial charge is 0.486 e. The van der Waals surface area contributed by atoms with E-state index in [2.05, 4.69) is 31.3 Å². The number of nitrogens with one attached hydrogen (secondary N) is 1. The van der Waals surface area contributed by atoms with Gasteiger partial charge in [-0.15, -0.1) is 11.3 Å². The van der Waals surface area contributed by atoms with Crippen LogP contribution in [0, 0.1) is 13.8 Å². The maximum absolute atomic E-state index is 8.56. The van der Waals surface area contributed by atoms with E-state index in [0.29, 0.717) is 19.1 Å². The molecule has 3 heterocycles. The molecular weight excluding hydrogens is 454 g/mol. The van der Waals surface area contributed by atoms with Crippen LogP contribution >= 0.6 is 11.3 Å². The van der Waals surface area contributed by atoms with Crippen molar-refractivity contribution in [1.29, 1.82) is 0 Å². The van der Waals surface area contributed by atoms with Gasteiger partial charge >= 0.3 is 6.16 Å². The van der Waals surface area contributed by atoms with Gasteiger partial charge in [0.25, 0.3) is 0 Å². The van der Waals surface area contributed by atoms with Crippen molar-refractivity contribution < 1.29 is 24.5 Å². The lowest BCUT2D eigenvalue weighted by atomic mass is 9.88. The summed E-state index contributed by atoms with van der Waals surface area (Å²) < 4.78 is 11.4. The quantitative estimate of drug-likeness (QED) is 0.403. The second-order valence-corrected chi connectivity index (χ2v) is 9.87. The predicted octanol–water partition coefficient (Wildman–Crippen LogP) is 6.00. The lowest BCUT2D eigenvalue weighted by Gasteiger charge is -2.21. The molecule has 0 amide bonds. The number of nitrogens with zero attached hydrogens (tertiary/aromatic N) is 2. The van der Waals surface area contributed by atoms with Crippen molar-refractivity contribution in [3.8, 4) is 11.5 Å². The maximum Gasteiger partial charge on any atom is 0.503 e. The molecule has 0 radical (unpaired) electrons. The minimum Gasteiger partial charge on any atom is -0.486 e. The third-order valence-corrected chi connectivity index (χ3v) is 7.43. The van der Waals surface area contributed by atoms with Crippen LogP contribution < -0.4 is 14.8 Å². The Kier molecular flexibility index (Phi) is 7.72. The largest absolute Gasteiger partial charge is 0.503 e. The van der Waals surface area contributed by atoms with Gasteiger partial charge in [-0.25, -0.2) is 14.8 Å². The van der Waals surface area contributed by atoms with E-state index >= 15 is 0 Å². The zero-order valence-electron chi connectivity index (χ0n) is 19.6. The standard InChI is InChI=1S/C24H29N3O2S.CH2O3/c1-15-16(2)30-24-21(15)23(26-22(27-24)18-6-4-3-5-7-18)25-11-10-17-8-9-19-20(14-17)29-13-12-28-19;2-1(3)4/h8-9,14,18H,3-7,10-13H2,1-2H3,(H,25,26,27);(H2,2,3,4). The Bertz CT molecular complexity index is 1150. The van der Waals surface area contributed by atoms with E-state index in [9.17, 15) is 0 Å². The fraction of sp³-hybridized carbons (Fsp3) is 0.480. The van der Waals surface area contributed by atoms with Crippen molar-refractivity contribution in [3.63, 3.8) is 0 Å². The first kappa shape index (κ1) is 24.1. The number of anilines is 1. The van der Waals surface area contributed by atoms with Crippen LogP contribution in [-0.4, -0.2) is 46.1 Å². The summed E-state index contributed by atoms with van der Waals surface area (Å²) in [7, 11) is 0. The number of fused-ring (bicyclic) bond motifs is 2. The van der Waals surface area contributed by atoms with Crippen LogP contribution in [0.2, 0.25) is 0 Å². The lowest BCUT2D eigenvalue weighted by molar-refractivity contribution is 0.137. The number of aryl methyl sites for hydroxylation is 2. The minimum absolute atomic E-state index is 0.504. The average Bonchev–Trinajstić information content (AvgIpc) is 3.12. The van der Waals surface area contributed by atoms with Crippen molar-refractivity contribution in [1.82, 2.24) is 9.97 Å². The van der Waals surface area contributed by atoms with Crippen LogP contribution in [0.15, 0.2) is 18.2 Å². The Morgan fingerprint density at radius 1 is 1.09 bits per heavy atom. The van der Waals surface area contributed by atoms with Crippen LogP contribution in [0.3, 0.4) is 0 Å². The summed E-state index contributed by atoms with van der Waals surface area (Å²) in [5.74, 6) is 4.23. The first-order chi connectivity index (χ1) is 16.4. The second kappa shape index (κ2) is 10.9. The molecule has 1 aromatic carbocycles. The van der Waals surface area contributed by atoms with Crippen molar-refractivity contribution in [2.24, 2.45) is 0 Å². The monoisotopic (exact) mass is 485 g/mol. The lowest BCUT2D eigenvalue weighted by Crippen LogP contribution is -2.16. The number of ether oxygens (including phenoxy) is 2. The molecule has 1 aliphatic carbocycles. The first-order valence-corrected chi connectivity index (χ1v) is 12.6. The number of benzene rings is 1. The third-order valence-electron chi connectivity index (χ3n) is 6.33. The fourth-order valence-electron chi connectivity index (χ4n) is 4.51. The van der Waals surface area contributed by atoms with Gasteiger partial charge in [0.05, 0.1) is 5.39 Å². The Labute approximate surface area is 203 Å². The van der Waals surface area contributed by atoms with Crippen LogP contribution in [0.5, 0.6) is 11.5 Å². The topological polar surface area (TPSA) is 114 Å². The normalized spacial score (nSPS) is 15.5. The summed E-state index contributed by atoms with van der Waals surface area (Å²) in [6.45, 7) is 6.43. The molecule has 3 N–H and O–H groups in total. The van der Waals surface area contributed by atoms with Gasteiger partial charge in [0.1, 0.15) is 29.7 Å². The minimum atomic E-state index is -1.83. The highest BCUT2D eigenvalue weighted by atomic mass is 32.1. The molecule has 2 aromatic heterocycles. The average molecular weight is 486 g/mol. The number of carboxylic acid groups (broad SMARTS) is 2. The number of hydrogen-bond donors (Lipinski definition) is 3. The Morgan fingerprint density at radius 3 is 2.53 bits per heavy atom. The van der Waals surface area contributed by atoms with Crippen molar-refractivity contribution >= 4 is 33.5 Å². The van der Waals surface area contributed by atoms with Crippen molar-refractivity contribution in [2.75, 3.05) is 25.1 Å². The summed E-state index contributed by atoms with van der Waals surface area (Å²) in [6.07, 6.45) is 5.43. The molecule has 0 bridgehead atoms. The van der Waals surface area contributed by atoms with Gasteiger partial charge in [-0.05, 0) is 56.4 Å². The van der Waals surface area contributed by atoms with E-state index in [1.807, 2.05) is 6.07 Å². The van der Waals surface area contributed by atoms with Gasteiger partial charge in [0.15, 0.2) is 11.5 Å². The Hall–Kier alpha value is -3.07. The molecule has 0 unspecified atom stereocenters. The highest BCUT2D eigenvalue weighted by molar-refractivity contribution is 7.18. The van der Waals surface area contributed by atoms with Gasteiger partial charge in [0.2, 0.25) is 0 Å². The predicted molar refractivity (Wildman–Crippen MR) is 133 cm³/mol. The van der Waals surface area contributed by atoms with E-state index in [4.69, 9.17) is 34.4 Å². The summed E-state index contributed by atoms with van der Waals surface area (Å²) in [5.41, 5.74) is 2.54. The van der Waals surface area contributed by atoms with Gasteiger partial charge in [-0.2, -0.15) is 0 Å². The Morgan fingerprint density at radius 2 is 1.79 bits per heavy atom. The van der Waals surface area contributed by atoms with Crippen LogP contribution in [0.1, 0.15) is 59.9 Å².